The van der Waals surface area contributed by atoms with Crippen molar-refractivity contribution in [3.05, 3.63) is 83.1 Å². The van der Waals surface area contributed by atoms with Crippen LogP contribution in [0.3, 0.4) is 0 Å². The van der Waals surface area contributed by atoms with Crippen LogP contribution in [-0.2, 0) is 16.1 Å². The summed E-state index contributed by atoms with van der Waals surface area (Å²) in [6.45, 7) is 5.76. The maximum absolute atomic E-state index is 15.4. The normalized spacial score (nSPS) is 22.7. The highest BCUT2D eigenvalue weighted by Crippen LogP contribution is 2.34. The van der Waals surface area contributed by atoms with Crippen molar-refractivity contribution in [2.45, 2.75) is 76.1 Å². The van der Waals surface area contributed by atoms with Gasteiger partial charge in [0.2, 0.25) is 17.8 Å². The smallest absolute Gasteiger partial charge is 0.255 e. The Kier molecular flexibility index (Phi) is 11.0. The van der Waals surface area contributed by atoms with Crippen LogP contribution >= 0.6 is 0 Å². The second kappa shape index (κ2) is 16.8. The maximum atomic E-state index is 15.4. The zero-order chi connectivity index (χ0) is 41.3. The highest BCUT2D eigenvalue weighted by molar-refractivity contribution is 6.05. The molecule has 0 unspecified atom stereocenters. The zero-order valence-electron chi connectivity index (χ0n) is 33.3. The SMILES string of the molecule is N#Cc1ccc(O[C@H]2CC[C@H](NC(=O)c3cnc(N4CCC(CN5CCN(c6cc7c(cc6F)C(=O)N([C@H]6CCC(=O)NC6=O)C7)CC5)CC4)nc3)CC2)c2cccnc12. The third kappa shape index (κ3) is 8.05. The van der Waals surface area contributed by atoms with E-state index in [0.29, 0.717) is 52.9 Å². The number of carbonyl (C=O) groups is 4. The molecule has 3 saturated heterocycles. The summed E-state index contributed by atoms with van der Waals surface area (Å²) in [7, 11) is 0. The molecule has 2 N–H and O–H groups in total. The van der Waals surface area contributed by atoms with Crippen LogP contribution in [0.1, 0.15) is 83.2 Å². The number of carbonyl (C=O) groups excluding carboxylic acids is 4. The van der Waals surface area contributed by atoms with Crippen molar-refractivity contribution in [1.29, 1.82) is 5.26 Å². The lowest BCUT2D eigenvalue weighted by atomic mass is 9.92. The molecule has 1 saturated carbocycles. The van der Waals surface area contributed by atoms with E-state index in [9.17, 15) is 24.4 Å². The van der Waals surface area contributed by atoms with Crippen molar-refractivity contribution >= 4 is 46.2 Å². The van der Waals surface area contributed by atoms with Gasteiger partial charge in [-0.05, 0) is 92.8 Å². The van der Waals surface area contributed by atoms with Crippen LogP contribution in [0.2, 0.25) is 0 Å². The number of fused-ring (bicyclic) bond motifs is 2. The Balaban J connectivity index is 0.702. The van der Waals surface area contributed by atoms with E-state index in [0.717, 1.165) is 82.4 Å². The van der Waals surface area contributed by atoms with E-state index in [2.05, 4.69) is 41.5 Å². The molecular weight excluding hydrogens is 768 g/mol. The molecule has 6 heterocycles. The van der Waals surface area contributed by atoms with Gasteiger partial charge in [-0.3, -0.25) is 34.4 Å². The number of amides is 4. The molecule has 4 fully saturated rings. The van der Waals surface area contributed by atoms with Crippen LogP contribution in [0.25, 0.3) is 10.9 Å². The number of hydrogen-bond donors (Lipinski definition) is 2. The summed E-state index contributed by atoms with van der Waals surface area (Å²) in [6.07, 6.45) is 10.5. The quantitative estimate of drug-likeness (QED) is 0.233. The van der Waals surface area contributed by atoms with Gasteiger partial charge in [0.1, 0.15) is 23.7 Å². The molecule has 0 radical (unpaired) electrons. The number of piperidine rings is 2. The first-order chi connectivity index (χ1) is 29.2. The first-order valence-electron chi connectivity index (χ1n) is 21.0. The average molecular weight is 815 g/mol. The molecule has 1 atom stereocenters. The van der Waals surface area contributed by atoms with Crippen LogP contribution in [0.5, 0.6) is 5.75 Å². The van der Waals surface area contributed by atoms with Crippen molar-refractivity contribution in [3.63, 3.8) is 0 Å². The molecule has 16 heteroatoms. The molecule has 5 aliphatic rings. The minimum atomic E-state index is -0.732. The zero-order valence-corrected chi connectivity index (χ0v) is 33.3. The number of aromatic nitrogens is 3. The van der Waals surface area contributed by atoms with Gasteiger partial charge in [-0.15, -0.1) is 0 Å². The predicted molar refractivity (Wildman–Crippen MR) is 219 cm³/mol. The van der Waals surface area contributed by atoms with Gasteiger partial charge in [-0.1, -0.05) is 0 Å². The summed E-state index contributed by atoms with van der Waals surface area (Å²) < 4.78 is 21.8. The number of imide groups is 1. The van der Waals surface area contributed by atoms with Crippen molar-refractivity contribution in [3.8, 4) is 11.8 Å². The van der Waals surface area contributed by atoms with E-state index >= 15 is 4.39 Å². The largest absolute Gasteiger partial charge is 0.490 e. The Morgan fingerprint density at radius 1 is 0.917 bits per heavy atom. The Bertz CT molecular complexity index is 2350. The van der Waals surface area contributed by atoms with Crippen LogP contribution in [0, 0.1) is 23.1 Å². The number of nitrogens with one attached hydrogen (secondary N) is 2. The molecule has 4 amide bonds. The first kappa shape index (κ1) is 39.3. The topological polar surface area (TPSA) is 177 Å². The van der Waals surface area contributed by atoms with E-state index in [-0.39, 0.29) is 54.8 Å². The summed E-state index contributed by atoms with van der Waals surface area (Å²) in [5, 5.41) is 15.7. The number of halogens is 1. The lowest BCUT2D eigenvalue weighted by molar-refractivity contribution is -0.136. The van der Waals surface area contributed by atoms with Crippen molar-refractivity contribution < 1.29 is 28.3 Å². The fraction of sp³-hybridized carbons (Fsp3) is 0.455. The number of rotatable bonds is 9. The van der Waals surface area contributed by atoms with Gasteiger partial charge < -0.3 is 24.8 Å². The Labute approximate surface area is 346 Å². The average Bonchev–Trinajstić information content (AvgIpc) is 3.58. The number of nitrogens with zero attached hydrogens (tertiary/aromatic N) is 8. The summed E-state index contributed by atoms with van der Waals surface area (Å²) in [6, 6.07) is 11.9. The van der Waals surface area contributed by atoms with Crippen LogP contribution in [0.4, 0.5) is 16.0 Å². The molecule has 0 bridgehead atoms. The second-order valence-electron chi connectivity index (χ2n) is 16.5. The van der Waals surface area contributed by atoms with E-state index in [1.165, 1.54) is 11.0 Å². The Morgan fingerprint density at radius 3 is 2.42 bits per heavy atom. The molecule has 2 aromatic heterocycles. The van der Waals surface area contributed by atoms with Gasteiger partial charge >= 0.3 is 0 Å². The van der Waals surface area contributed by atoms with Gasteiger partial charge in [-0.25, -0.2) is 14.4 Å². The summed E-state index contributed by atoms with van der Waals surface area (Å²) in [5.74, 6) is 0.0379. The van der Waals surface area contributed by atoms with Crippen molar-refractivity contribution in [1.82, 2.24) is 35.4 Å². The number of benzene rings is 2. The first-order valence-corrected chi connectivity index (χ1v) is 21.0. The minimum Gasteiger partial charge on any atom is -0.490 e. The van der Waals surface area contributed by atoms with Crippen molar-refractivity contribution in [2.24, 2.45) is 5.92 Å². The minimum absolute atomic E-state index is 0.0116. The number of ether oxygens (including phenoxy) is 1. The van der Waals surface area contributed by atoms with Gasteiger partial charge in [-0.2, -0.15) is 5.26 Å². The molecule has 60 heavy (non-hydrogen) atoms. The van der Waals surface area contributed by atoms with Crippen LogP contribution in [-0.4, -0.2) is 112 Å². The molecular formula is C44H47FN10O5. The number of nitriles is 1. The number of anilines is 2. The lowest BCUT2D eigenvalue weighted by Gasteiger charge is -2.39. The fourth-order valence-electron chi connectivity index (χ4n) is 9.39. The highest BCUT2D eigenvalue weighted by Gasteiger charge is 2.40. The van der Waals surface area contributed by atoms with Gasteiger partial charge in [0.15, 0.2) is 0 Å². The van der Waals surface area contributed by atoms with Crippen molar-refractivity contribution in [2.75, 3.05) is 55.6 Å². The summed E-state index contributed by atoms with van der Waals surface area (Å²) in [4.78, 5) is 71.9. The Hall–Kier alpha value is -6.21. The van der Waals surface area contributed by atoms with E-state index in [1.807, 2.05) is 23.1 Å². The Morgan fingerprint density at radius 2 is 1.68 bits per heavy atom. The molecule has 0 spiro atoms. The van der Waals surface area contributed by atoms with E-state index in [1.54, 1.807) is 30.7 Å². The lowest BCUT2D eigenvalue weighted by Crippen LogP contribution is -2.52. The predicted octanol–water partition coefficient (Wildman–Crippen LogP) is 3.96. The molecule has 310 valence electrons. The van der Waals surface area contributed by atoms with E-state index < -0.39 is 17.8 Å². The molecule has 1 aliphatic carbocycles. The summed E-state index contributed by atoms with van der Waals surface area (Å²) in [5.41, 5.74) is 3.05. The standard InChI is InChI=1S/C44H47FN10O5/c45-35-21-34-29(26-55(43(34)59)36-8-10-39(56)51-42(36)58)20-37(35)53-18-16-52(17-19-53)25-27-11-14-54(15-12-27)44-48-23-30(24-49-44)41(57)50-31-4-6-32(7-5-31)60-38-9-3-28(22-46)40-33(38)2-1-13-47-40/h1-3,9,13,20-21,23-24,27,31-32,36H,4-8,10-12,14-19,25-26H2,(H,50,57)(H,51,56,58)/t31-,32-,36-/m0/s1. The molecule has 15 nitrogen and oxygen atoms in total. The number of pyridine rings is 1. The monoisotopic (exact) mass is 814 g/mol. The highest BCUT2D eigenvalue weighted by atomic mass is 19.1. The maximum Gasteiger partial charge on any atom is 0.255 e. The number of piperazine rings is 1. The third-order valence-corrected chi connectivity index (χ3v) is 12.8. The summed E-state index contributed by atoms with van der Waals surface area (Å²) >= 11 is 0. The van der Waals surface area contributed by atoms with Crippen LogP contribution < -0.4 is 25.2 Å². The molecule has 4 aromatic rings. The second-order valence-corrected chi connectivity index (χ2v) is 16.5. The van der Waals surface area contributed by atoms with Crippen LogP contribution in [0.15, 0.2) is 55.0 Å². The van der Waals surface area contributed by atoms with E-state index in [4.69, 9.17) is 4.74 Å². The number of hydrogen-bond acceptors (Lipinski definition) is 12. The van der Waals surface area contributed by atoms with Gasteiger partial charge in [0, 0.05) is 94.4 Å². The van der Waals surface area contributed by atoms with Gasteiger partial charge in [0.25, 0.3) is 11.8 Å². The molecule has 4 aliphatic heterocycles. The fourth-order valence-corrected chi connectivity index (χ4v) is 9.39. The third-order valence-electron chi connectivity index (χ3n) is 12.8. The van der Waals surface area contributed by atoms with Gasteiger partial charge in [0.05, 0.1) is 28.4 Å². The molecule has 9 rings (SSSR count). The molecule has 2 aromatic carbocycles.